The molecule has 0 spiro atoms. The predicted octanol–water partition coefficient (Wildman–Crippen LogP) is 4.18. The molecule has 3 aliphatic rings. The third kappa shape index (κ3) is 4.54. The topological polar surface area (TPSA) is 92.2 Å². The Labute approximate surface area is 225 Å². The summed E-state index contributed by atoms with van der Waals surface area (Å²) in [5.41, 5.74) is 2.88. The molecule has 5 heterocycles. The smallest absolute Gasteiger partial charge is 0.262 e. The second kappa shape index (κ2) is 10.2. The van der Waals surface area contributed by atoms with Crippen LogP contribution in [0, 0.1) is 0 Å². The van der Waals surface area contributed by atoms with Crippen molar-refractivity contribution < 1.29 is 4.74 Å². The van der Waals surface area contributed by atoms with Gasteiger partial charge in [0.05, 0.1) is 37.1 Å². The largest absolute Gasteiger partial charge is 0.379 e. The summed E-state index contributed by atoms with van der Waals surface area (Å²) in [4.78, 5) is 32.1. The zero-order valence-electron chi connectivity index (χ0n) is 21.5. The summed E-state index contributed by atoms with van der Waals surface area (Å²) in [5.74, 6) is 0.943. The number of rotatable bonds is 6. The molecule has 0 radical (unpaired) electrons. The molecule has 38 heavy (non-hydrogen) atoms. The van der Waals surface area contributed by atoms with Crippen LogP contribution >= 0.6 is 11.3 Å². The molecule has 1 saturated carbocycles. The van der Waals surface area contributed by atoms with Crippen molar-refractivity contribution >= 4 is 27.5 Å². The Balaban J connectivity index is 1.13. The minimum Gasteiger partial charge on any atom is -0.379 e. The molecule has 3 aromatic heterocycles. The van der Waals surface area contributed by atoms with Gasteiger partial charge < -0.3 is 14.6 Å². The Hall–Kier alpha value is -3.08. The van der Waals surface area contributed by atoms with Crippen LogP contribution in [0.15, 0.2) is 41.3 Å². The first kappa shape index (κ1) is 24.0. The Morgan fingerprint density at radius 1 is 1.03 bits per heavy atom. The molecular weight excluding hydrogens is 498 g/mol. The number of hydrogen-bond acceptors (Lipinski definition) is 8. The third-order valence-corrected chi connectivity index (χ3v) is 9.25. The van der Waals surface area contributed by atoms with Crippen LogP contribution in [0.25, 0.3) is 22.3 Å². The minimum atomic E-state index is -0.0843. The highest BCUT2D eigenvalue weighted by molar-refractivity contribution is 7.16. The van der Waals surface area contributed by atoms with Crippen LogP contribution in [0.1, 0.15) is 54.8 Å². The van der Waals surface area contributed by atoms with Crippen LogP contribution < -0.4 is 10.5 Å². The van der Waals surface area contributed by atoms with Crippen molar-refractivity contribution in [3.63, 3.8) is 0 Å². The summed E-state index contributed by atoms with van der Waals surface area (Å²) < 4.78 is 7.56. The summed E-state index contributed by atoms with van der Waals surface area (Å²) in [6, 6.07) is 10.8. The number of fused-ring (bicyclic) bond motifs is 1. The monoisotopic (exact) mass is 531 g/mol. The number of ether oxygens (including phenoxy) is 1. The molecule has 10 heteroatoms. The Bertz CT molecular complexity index is 1460. The van der Waals surface area contributed by atoms with Gasteiger partial charge in [0.25, 0.3) is 5.56 Å². The van der Waals surface area contributed by atoms with E-state index in [0.29, 0.717) is 11.4 Å². The quantitative estimate of drug-likeness (QED) is 0.399. The van der Waals surface area contributed by atoms with E-state index in [0.717, 1.165) is 86.6 Å². The predicted molar refractivity (Wildman–Crippen MR) is 149 cm³/mol. The summed E-state index contributed by atoms with van der Waals surface area (Å²) >= 11 is 1.78. The van der Waals surface area contributed by atoms with Crippen LogP contribution in [0.2, 0.25) is 0 Å². The van der Waals surface area contributed by atoms with Crippen LogP contribution in [-0.4, -0.2) is 69.0 Å². The van der Waals surface area contributed by atoms with Gasteiger partial charge in [-0.3, -0.25) is 9.69 Å². The highest BCUT2D eigenvalue weighted by atomic mass is 32.1. The molecule has 0 atom stereocenters. The molecular formula is C28H33N7O2S. The van der Waals surface area contributed by atoms with Gasteiger partial charge in [-0.15, -0.1) is 0 Å². The average molecular weight is 532 g/mol. The van der Waals surface area contributed by atoms with E-state index in [1.54, 1.807) is 17.5 Å². The summed E-state index contributed by atoms with van der Waals surface area (Å²) in [7, 11) is 0. The number of nitrogens with zero attached hydrogens (tertiary/aromatic N) is 6. The summed E-state index contributed by atoms with van der Waals surface area (Å²) in [5, 5.41) is 6.21. The molecule has 198 valence electrons. The van der Waals surface area contributed by atoms with Crippen LogP contribution in [0.3, 0.4) is 0 Å². The lowest BCUT2D eigenvalue weighted by Gasteiger charge is -2.38. The maximum Gasteiger partial charge on any atom is 0.262 e. The normalized spacial score (nSPS) is 19.7. The van der Waals surface area contributed by atoms with Gasteiger partial charge in [-0.25, -0.2) is 14.6 Å². The van der Waals surface area contributed by atoms with E-state index >= 15 is 0 Å². The van der Waals surface area contributed by atoms with Crippen molar-refractivity contribution in [3.05, 3.63) is 57.6 Å². The Morgan fingerprint density at radius 2 is 1.82 bits per heavy atom. The summed E-state index contributed by atoms with van der Waals surface area (Å²) in [6.45, 7) is 5.96. The van der Waals surface area contributed by atoms with Crippen molar-refractivity contribution in [2.24, 2.45) is 0 Å². The molecule has 1 aromatic carbocycles. The van der Waals surface area contributed by atoms with E-state index in [-0.39, 0.29) is 11.5 Å². The lowest BCUT2D eigenvalue weighted by atomic mass is 9.96. The van der Waals surface area contributed by atoms with Gasteiger partial charge in [0.2, 0.25) is 0 Å². The molecule has 3 fully saturated rings. The number of thiazole rings is 1. The number of morpholine rings is 1. The van der Waals surface area contributed by atoms with Gasteiger partial charge in [0.15, 0.2) is 10.8 Å². The average Bonchev–Trinajstić information content (AvgIpc) is 3.54. The van der Waals surface area contributed by atoms with Gasteiger partial charge in [-0.2, -0.15) is 5.10 Å². The Morgan fingerprint density at radius 3 is 2.61 bits per heavy atom. The first-order valence-electron chi connectivity index (χ1n) is 13.8. The number of nitrogens with one attached hydrogen (secondary N) is 1. The highest BCUT2D eigenvalue weighted by Crippen LogP contribution is 2.38. The molecule has 9 nitrogen and oxygen atoms in total. The molecule has 0 amide bonds. The SMILES string of the molecule is O=c1[nH]c(C2CN(c3nc(-c4ccccc4)c(CN4CCOCC4)s3)C2)nc2c1cnn2C1CCCCC1. The maximum atomic E-state index is 12.9. The fraction of sp³-hybridized carbons (Fsp3) is 0.500. The summed E-state index contributed by atoms with van der Waals surface area (Å²) in [6.07, 6.45) is 7.61. The fourth-order valence-electron chi connectivity index (χ4n) is 5.91. The molecule has 1 N–H and O–H groups in total. The number of H-pyrrole nitrogens is 1. The van der Waals surface area contributed by atoms with Crippen molar-refractivity contribution in [3.8, 4) is 11.3 Å². The molecule has 2 saturated heterocycles. The second-order valence-corrected chi connectivity index (χ2v) is 11.8. The Kier molecular flexibility index (Phi) is 6.46. The van der Waals surface area contributed by atoms with Gasteiger partial charge in [0, 0.05) is 43.2 Å². The lowest BCUT2D eigenvalue weighted by Crippen LogP contribution is -2.46. The number of aromatic nitrogens is 5. The second-order valence-electron chi connectivity index (χ2n) is 10.7. The molecule has 4 aromatic rings. The van der Waals surface area contributed by atoms with Crippen molar-refractivity contribution in [2.75, 3.05) is 44.3 Å². The number of benzene rings is 1. The zero-order valence-corrected chi connectivity index (χ0v) is 22.3. The van der Waals surface area contributed by atoms with Crippen molar-refractivity contribution in [1.29, 1.82) is 0 Å². The number of anilines is 1. The first-order chi connectivity index (χ1) is 18.7. The van der Waals surface area contributed by atoms with Crippen molar-refractivity contribution in [2.45, 2.75) is 50.6 Å². The zero-order chi connectivity index (χ0) is 25.5. The van der Waals surface area contributed by atoms with Crippen LogP contribution in [0.5, 0.6) is 0 Å². The van der Waals surface area contributed by atoms with Gasteiger partial charge in [-0.1, -0.05) is 60.9 Å². The van der Waals surface area contributed by atoms with E-state index in [2.05, 4.69) is 44.1 Å². The van der Waals surface area contributed by atoms with E-state index in [1.165, 1.54) is 24.1 Å². The third-order valence-electron chi connectivity index (χ3n) is 8.15. The van der Waals surface area contributed by atoms with E-state index < -0.39 is 0 Å². The van der Waals surface area contributed by atoms with E-state index in [9.17, 15) is 4.79 Å². The van der Waals surface area contributed by atoms with Gasteiger partial charge in [0.1, 0.15) is 11.2 Å². The molecule has 0 bridgehead atoms. The highest BCUT2D eigenvalue weighted by Gasteiger charge is 2.34. The first-order valence-corrected chi connectivity index (χ1v) is 14.6. The standard InChI is InChI=1S/C28H33N7O2S/c36-27-22-15-29-35(21-9-5-2-6-10-21)26(22)31-25(32-27)20-16-34(17-20)28-30-24(19-7-3-1-4-8-19)23(38-28)18-33-11-13-37-14-12-33/h1,3-4,7-8,15,20-21H,2,5-6,9-14,16-18H2,(H,31,32,36). The van der Waals surface area contributed by atoms with Crippen LogP contribution in [-0.2, 0) is 11.3 Å². The minimum absolute atomic E-state index is 0.0843. The van der Waals surface area contributed by atoms with Crippen LogP contribution in [0.4, 0.5) is 5.13 Å². The fourth-order valence-corrected chi connectivity index (χ4v) is 7.06. The lowest BCUT2D eigenvalue weighted by molar-refractivity contribution is 0.0347. The molecule has 2 aliphatic heterocycles. The van der Waals surface area contributed by atoms with Gasteiger partial charge in [-0.05, 0) is 12.8 Å². The molecule has 7 rings (SSSR count). The van der Waals surface area contributed by atoms with E-state index in [4.69, 9.17) is 14.7 Å². The van der Waals surface area contributed by atoms with E-state index in [1.807, 2.05) is 10.7 Å². The number of hydrogen-bond donors (Lipinski definition) is 1. The molecule has 0 unspecified atom stereocenters. The number of aromatic amines is 1. The maximum absolute atomic E-state index is 12.9. The molecule has 1 aliphatic carbocycles. The van der Waals surface area contributed by atoms with Gasteiger partial charge >= 0.3 is 0 Å². The van der Waals surface area contributed by atoms with Crippen molar-refractivity contribution in [1.82, 2.24) is 29.6 Å².